The molecule has 2 aromatic rings. The van der Waals surface area contributed by atoms with Crippen LogP contribution >= 0.6 is 11.3 Å². The van der Waals surface area contributed by atoms with Crippen molar-refractivity contribution in [2.75, 3.05) is 25.9 Å². The van der Waals surface area contributed by atoms with Crippen LogP contribution in [0.1, 0.15) is 27.5 Å². The minimum absolute atomic E-state index is 0.139. The lowest BCUT2D eigenvalue weighted by Crippen LogP contribution is -2.36. The summed E-state index contributed by atoms with van der Waals surface area (Å²) < 4.78 is 0. The summed E-state index contributed by atoms with van der Waals surface area (Å²) in [5, 5.41) is 1.97. The summed E-state index contributed by atoms with van der Waals surface area (Å²) in [6.45, 7) is 4.16. The van der Waals surface area contributed by atoms with Crippen LogP contribution in [0.3, 0.4) is 0 Å². The highest BCUT2D eigenvalue weighted by Crippen LogP contribution is 2.22. The summed E-state index contributed by atoms with van der Waals surface area (Å²) in [7, 11) is 2.04. The second kappa shape index (κ2) is 6.64. The van der Waals surface area contributed by atoms with Gasteiger partial charge in [0.25, 0.3) is 5.91 Å². The maximum atomic E-state index is 12.6. The second-order valence-electron chi connectivity index (χ2n) is 5.90. The zero-order chi connectivity index (χ0) is 16.4. The Hall–Kier alpha value is -1.99. The fourth-order valence-electron chi connectivity index (χ4n) is 2.91. The molecule has 0 spiro atoms. The summed E-state index contributed by atoms with van der Waals surface area (Å²) in [6.07, 6.45) is 2.64. The lowest BCUT2D eigenvalue weighted by atomic mass is 10.2. The number of thiophene rings is 1. The fraction of sp³-hybridized carbons (Fsp3) is 0.438. The van der Waals surface area contributed by atoms with Gasteiger partial charge >= 0.3 is 0 Å². The van der Waals surface area contributed by atoms with Crippen LogP contribution < -0.4 is 5.73 Å². The molecule has 1 fully saturated rings. The van der Waals surface area contributed by atoms with E-state index in [0.29, 0.717) is 24.2 Å². The molecule has 1 aliphatic rings. The average Bonchev–Trinajstić information content (AvgIpc) is 3.15. The zero-order valence-corrected chi connectivity index (χ0v) is 14.2. The van der Waals surface area contributed by atoms with Gasteiger partial charge in [-0.25, -0.2) is 9.97 Å². The Labute approximate surface area is 140 Å². The number of nitrogen functional groups attached to an aromatic ring is 1. The first-order chi connectivity index (χ1) is 11.0. The van der Waals surface area contributed by atoms with Crippen LogP contribution in [0.4, 0.5) is 5.82 Å². The maximum absolute atomic E-state index is 12.6. The van der Waals surface area contributed by atoms with Crippen molar-refractivity contribution >= 4 is 23.1 Å². The molecule has 1 amide bonds. The summed E-state index contributed by atoms with van der Waals surface area (Å²) in [6, 6.07) is 3.92. The van der Waals surface area contributed by atoms with E-state index in [4.69, 9.17) is 5.73 Å². The van der Waals surface area contributed by atoms with E-state index in [2.05, 4.69) is 14.9 Å². The van der Waals surface area contributed by atoms with Crippen molar-refractivity contribution in [3.8, 4) is 0 Å². The third-order valence-corrected chi connectivity index (χ3v) is 5.13. The van der Waals surface area contributed by atoms with Gasteiger partial charge in [0.15, 0.2) is 0 Å². The van der Waals surface area contributed by atoms with Gasteiger partial charge in [0.05, 0.1) is 12.1 Å². The van der Waals surface area contributed by atoms with Crippen LogP contribution in [0.5, 0.6) is 0 Å². The van der Waals surface area contributed by atoms with Crippen LogP contribution in [0.25, 0.3) is 0 Å². The van der Waals surface area contributed by atoms with E-state index in [9.17, 15) is 4.79 Å². The summed E-state index contributed by atoms with van der Waals surface area (Å²) in [5.74, 6) is 1.34. The Balaban J connectivity index is 1.61. The number of hydrogen-bond acceptors (Lipinski definition) is 6. The van der Waals surface area contributed by atoms with Crippen molar-refractivity contribution < 1.29 is 4.79 Å². The van der Waals surface area contributed by atoms with E-state index < -0.39 is 0 Å². The monoisotopic (exact) mass is 331 g/mol. The molecule has 0 aliphatic carbocycles. The minimum Gasteiger partial charge on any atom is -0.384 e. The van der Waals surface area contributed by atoms with E-state index in [1.54, 1.807) is 23.6 Å². The molecule has 7 heteroatoms. The number of hydrogen-bond donors (Lipinski definition) is 1. The molecule has 0 aromatic carbocycles. The van der Waals surface area contributed by atoms with Gasteiger partial charge in [0, 0.05) is 30.2 Å². The molecule has 23 heavy (non-hydrogen) atoms. The van der Waals surface area contributed by atoms with E-state index >= 15 is 0 Å². The second-order valence-corrected chi connectivity index (χ2v) is 7.02. The van der Waals surface area contributed by atoms with Crippen molar-refractivity contribution in [2.24, 2.45) is 0 Å². The predicted molar refractivity (Wildman–Crippen MR) is 91.3 cm³/mol. The Morgan fingerprint density at radius 2 is 2.35 bits per heavy atom. The molecule has 0 radical (unpaired) electrons. The van der Waals surface area contributed by atoms with Crippen LogP contribution in [-0.2, 0) is 6.54 Å². The van der Waals surface area contributed by atoms with Crippen molar-refractivity contribution in [3.63, 3.8) is 0 Å². The predicted octanol–water partition coefficient (Wildman–Crippen LogP) is 1.78. The zero-order valence-electron chi connectivity index (χ0n) is 13.4. The summed E-state index contributed by atoms with van der Waals surface area (Å²) >= 11 is 1.62. The molecule has 0 bridgehead atoms. The number of likely N-dealkylation sites (N-methyl/N-ethyl adjacent to an activating group) is 1. The number of carbonyl (C=O) groups excluding carboxylic acids is 1. The quantitative estimate of drug-likeness (QED) is 0.924. The SMILES string of the molecule is Cc1sccc1C(=O)N1CCC(N(C)Cc2nccc(N)n2)C1. The molecule has 0 saturated carbocycles. The third kappa shape index (κ3) is 3.51. The number of rotatable bonds is 4. The minimum atomic E-state index is 0.139. The van der Waals surface area contributed by atoms with E-state index in [0.717, 1.165) is 30.0 Å². The van der Waals surface area contributed by atoms with E-state index in [1.807, 2.05) is 30.3 Å². The summed E-state index contributed by atoms with van der Waals surface area (Å²) in [4.78, 5) is 26.3. The standard InChI is InChI=1S/C16H21N5OS/c1-11-13(5-8-23-11)16(22)21-7-4-12(9-21)20(2)10-15-18-6-3-14(17)19-15/h3,5-6,8,12H,4,7,9-10H2,1-2H3,(H2,17,18,19). The third-order valence-electron chi connectivity index (χ3n) is 4.28. The highest BCUT2D eigenvalue weighted by molar-refractivity contribution is 7.10. The van der Waals surface area contributed by atoms with Gasteiger partial charge in [-0.05, 0) is 37.9 Å². The molecule has 6 nitrogen and oxygen atoms in total. The molecule has 2 aromatic heterocycles. The summed E-state index contributed by atoms with van der Waals surface area (Å²) in [5.41, 5.74) is 6.53. The number of nitrogens with zero attached hydrogens (tertiary/aromatic N) is 4. The highest BCUT2D eigenvalue weighted by Gasteiger charge is 2.30. The Bertz CT molecular complexity index is 701. The molecule has 3 rings (SSSR count). The molecular formula is C16H21N5OS. The van der Waals surface area contributed by atoms with Crippen LogP contribution in [-0.4, -0.2) is 51.9 Å². The van der Waals surface area contributed by atoms with Crippen molar-refractivity contribution in [3.05, 3.63) is 40.0 Å². The van der Waals surface area contributed by atoms with Gasteiger partial charge in [-0.15, -0.1) is 11.3 Å². The van der Waals surface area contributed by atoms with Crippen LogP contribution in [0.15, 0.2) is 23.7 Å². The van der Waals surface area contributed by atoms with Crippen LogP contribution in [0.2, 0.25) is 0 Å². The molecule has 1 aliphatic heterocycles. The molecule has 3 heterocycles. The largest absolute Gasteiger partial charge is 0.384 e. The smallest absolute Gasteiger partial charge is 0.255 e. The topological polar surface area (TPSA) is 75.4 Å². The molecule has 2 N–H and O–H groups in total. The number of aromatic nitrogens is 2. The lowest BCUT2D eigenvalue weighted by Gasteiger charge is -2.24. The Kier molecular flexibility index (Phi) is 4.58. The van der Waals surface area contributed by atoms with Gasteiger partial charge in [0.2, 0.25) is 0 Å². The van der Waals surface area contributed by atoms with Gasteiger partial charge < -0.3 is 10.6 Å². The normalized spacial score (nSPS) is 17.9. The lowest BCUT2D eigenvalue weighted by molar-refractivity contribution is 0.0779. The van der Waals surface area contributed by atoms with E-state index in [1.165, 1.54) is 0 Å². The molecular weight excluding hydrogens is 310 g/mol. The van der Waals surface area contributed by atoms with Gasteiger partial charge in [-0.1, -0.05) is 0 Å². The Morgan fingerprint density at radius 1 is 1.52 bits per heavy atom. The number of amides is 1. The molecule has 1 unspecified atom stereocenters. The molecule has 122 valence electrons. The van der Waals surface area contributed by atoms with Crippen molar-refractivity contribution in [1.82, 2.24) is 19.8 Å². The maximum Gasteiger partial charge on any atom is 0.255 e. The number of aryl methyl sites for hydroxylation is 1. The van der Waals surface area contributed by atoms with Crippen molar-refractivity contribution in [2.45, 2.75) is 25.9 Å². The van der Waals surface area contributed by atoms with Crippen LogP contribution in [0, 0.1) is 6.92 Å². The molecule has 1 atom stereocenters. The number of nitrogens with two attached hydrogens (primary N) is 1. The Morgan fingerprint density at radius 3 is 3.04 bits per heavy atom. The first kappa shape index (κ1) is 15.9. The number of carbonyl (C=O) groups is 1. The van der Waals surface area contributed by atoms with E-state index in [-0.39, 0.29) is 5.91 Å². The number of anilines is 1. The van der Waals surface area contributed by atoms with Gasteiger partial charge in [-0.2, -0.15) is 0 Å². The first-order valence-corrected chi connectivity index (χ1v) is 8.53. The first-order valence-electron chi connectivity index (χ1n) is 7.65. The average molecular weight is 331 g/mol. The van der Waals surface area contributed by atoms with Crippen molar-refractivity contribution in [1.29, 1.82) is 0 Å². The fourth-order valence-corrected chi connectivity index (χ4v) is 3.60. The number of likely N-dealkylation sites (tertiary alicyclic amines) is 1. The molecule has 1 saturated heterocycles. The highest BCUT2D eigenvalue weighted by atomic mass is 32.1. The van der Waals surface area contributed by atoms with Gasteiger partial charge in [-0.3, -0.25) is 9.69 Å². The van der Waals surface area contributed by atoms with Gasteiger partial charge in [0.1, 0.15) is 11.6 Å².